The summed E-state index contributed by atoms with van der Waals surface area (Å²) in [5, 5.41) is 0. The molecule has 2 aromatic heterocycles. The molecular weight excluding hydrogens is 304 g/mol. The van der Waals surface area contributed by atoms with Crippen molar-refractivity contribution in [3.05, 3.63) is 60.7 Å². The van der Waals surface area contributed by atoms with Crippen molar-refractivity contribution >= 4 is 0 Å². The van der Waals surface area contributed by atoms with E-state index in [0.29, 0.717) is 0 Å². The molecule has 0 fully saturated rings. The van der Waals surface area contributed by atoms with Gasteiger partial charge in [-0.2, -0.15) is 0 Å². The Morgan fingerprint density at radius 1 is 0.840 bits per heavy atom. The summed E-state index contributed by atoms with van der Waals surface area (Å²) in [6.07, 6.45) is 21.7. The first kappa shape index (κ1) is 19.6. The van der Waals surface area contributed by atoms with E-state index in [0.717, 1.165) is 12.5 Å². The molecule has 0 spiro atoms. The second kappa shape index (κ2) is 12.6. The second-order valence-electron chi connectivity index (χ2n) is 7.38. The maximum atomic E-state index is 4.18. The van der Waals surface area contributed by atoms with E-state index in [1.54, 1.807) is 0 Å². The third-order valence-corrected chi connectivity index (χ3v) is 5.04. The predicted molar refractivity (Wildman–Crippen MR) is 105 cm³/mol. The van der Waals surface area contributed by atoms with Crippen LogP contribution in [0, 0.1) is 5.92 Å². The van der Waals surface area contributed by atoms with Gasteiger partial charge in [0.2, 0.25) is 0 Å². The van der Waals surface area contributed by atoms with Gasteiger partial charge in [0.25, 0.3) is 0 Å². The topological polar surface area (TPSA) is 16.8 Å². The minimum absolute atomic E-state index is 0.840. The van der Waals surface area contributed by atoms with E-state index < -0.39 is 0 Å². The lowest BCUT2D eigenvalue weighted by Crippen LogP contribution is -2.33. The van der Waals surface area contributed by atoms with Gasteiger partial charge in [-0.05, 0) is 30.4 Å². The second-order valence-corrected chi connectivity index (χ2v) is 7.38. The number of rotatable bonds is 13. The van der Waals surface area contributed by atoms with E-state index in [9.17, 15) is 0 Å². The number of aromatic nitrogens is 2. The van der Waals surface area contributed by atoms with E-state index in [4.69, 9.17) is 0 Å². The Hall–Kier alpha value is -1.70. The number of aryl methyl sites for hydroxylation is 2. The highest BCUT2D eigenvalue weighted by molar-refractivity contribution is 5.08. The van der Waals surface area contributed by atoms with E-state index in [1.807, 2.05) is 18.5 Å². The molecule has 2 nitrogen and oxygen atoms in total. The fourth-order valence-corrected chi connectivity index (χ4v) is 3.35. The van der Waals surface area contributed by atoms with Crippen LogP contribution >= 0.6 is 0 Å². The van der Waals surface area contributed by atoms with Crippen molar-refractivity contribution in [2.45, 2.75) is 77.7 Å². The first-order valence-electron chi connectivity index (χ1n) is 10.2. The van der Waals surface area contributed by atoms with Gasteiger partial charge in [-0.25, -0.2) is 4.57 Å². The molecule has 0 saturated heterocycles. The van der Waals surface area contributed by atoms with Gasteiger partial charge in [-0.15, -0.1) is 0 Å². The van der Waals surface area contributed by atoms with Crippen LogP contribution in [0.3, 0.4) is 0 Å². The fraction of sp³-hybridized carbons (Fsp3) is 0.565. The number of hydrogen-bond acceptors (Lipinski definition) is 1. The lowest BCUT2D eigenvalue weighted by atomic mass is 9.98. The Kier molecular flexibility index (Phi) is 9.92. The molecule has 2 heteroatoms. The van der Waals surface area contributed by atoms with E-state index in [1.165, 1.54) is 69.8 Å². The van der Waals surface area contributed by atoms with Crippen LogP contribution in [0.25, 0.3) is 0 Å². The molecule has 0 aliphatic rings. The highest BCUT2D eigenvalue weighted by Gasteiger charge is 2.06. The highest BCUT2D eigenvalue weighted by Crippen LogP contribution is 2.15. The molecule has 0 saturated carbocycles. The van der Waals surface area contributed by atoms with Crippen LogP contribution in [0.1, 0.15) is 70.3 Å². The van der Waals surface area contributed by atoms with Gasteiger partial charge in [-0.1, -0.05) is 64.0 Å². The molecule has 0 aliphatic heterocycles. The summed E-state index contributed by atoms with van der Waals surface area (Å²) in [6, 6.07) is 10.5. The molecule has 0 radical (unpaired) electrons. The Bertz CT molecular complexity index is 539. The highest BCUT2D eigenvalue weighted by atomic mass is 14.9. The largest absolute Gasteiger partial charge is 0.264 e. The minimum atomic E-state index is 0.840. The lowest BCUT2D eigenvalue weighted by molar-refractivity contribution is -0.698. The van der Waals surface area contributed by atoms with Crippen LogP contribution in [-0.2, 0) is 13.0 Å². The third-order valence-electron chi connectivity index (χ3n) is 5.04. The van der Waals surface area contributed by atoms with E-state index >= 15 is 0 Å². The Morgan fingerprint density at radius 3 is 2.28 bits per heavy atom. The molecule has 2 heterocycles. The lowest BCUT2D eigenvalue weighted by Gasteiger charge is -2.09. The van der Waals surface area contributed by atoms with Crippen molar-refractivity contribution in [1.82, 2.24) is 4.98 Å². The molecule has 0 N–H and O–H groups in total. The summed E-state index contributed by atoms with van der Waals surface area (Å²) < 4.78 is 2.29. The van der Waals surface area contributed by atoms with E-state index in [2.05, 4.69) is 53.1 Å². The van der Waals surface area contributed by atoms with Crippen molar-refractivity contribution in [3.8, 4) is 0 Å². The van der Waals surface area contributed by atoms with Crippen LogP contribution in [0.5, 0.6) is 0 Å². The van der Waals surface area contributed by atoms with Crippen molar-refractivity contribution in [2.24, 2.45) is 5.92 Å². The van der Waals surface area contributed by atoms with Gasteiger partial charge >= 0.3 is 0 Å². The first-order valence-corrected chi connectivity index (χ1v) is 10.2. The van der Waals surface area contributed by atoms with Crippen LogP contribution < -0.4 is 4.57 Å². The van der Waals surface area contributed by atoms with Gasteiger partial charge in [0.05, 0.1) is 0 Å². The SMILES string of the molecule is CC(CCCCCCCCCc1cccnc1)CC[n+]1ccccc1. The number of unbranched alkanes of at least 4 members (excludes halogenated alkanes) is 6. The zero-order valence-electron chi connectivity index (χ0n) is 15.9. The van der Waals surface area contributed by atoms with Gasteiger partial charge < -0.3 is 0 Å². The molecule has 2 aromatic rings. The maximum Gasteiger partial charge on any atom is 0.168 e. The summed E-state index contributed by atoms with van der Waals surface area (Å²) in [7, 11) is 0. The molecule has 25 heavy (non-hydrogen) atoms. The number of nitrogens with zero attached hydrogens (tertiary/aromatic N) is 2. The molecule has 0 aliphatic carbocycles. The van der Waals surface area contributed by atoms with Gasteiger partial charge in [-0.3, -0.25) is 4.98 Å². The van der Waals surface area contributed by atoms with Crippen molar-refractivity contribution < 1.29 is 4.57 Å². The first-order chi connectivity index (χ1) is 12.3. The molecule has 0 amide bonds. The van der Waals surface area contributed by atoms with Crippen LogP contribution in [-0.4, -0.2) is 4.98 Å². The fourth-order valence-electron chi connectivity index (χ4n) is 3.35. The summed E-state index contributed by atoms with van der Waals surface area (Å²) in [5.41, 5.74) is 1.38. The van der Waals surface area contributed by atoms with Gasteiger partial charge in [0, 0.05) is 30.9 Å². The standard InChI is InChI=1S/C23H35N2/c1-22(16-20-25-18-10-7-11-19-25)13-8-5-3-2-4-6-9-14-23-15-12-17-24-21-23/h7,10-12,15,17-19,21-22H,2-6,8-9,13-14,16,20H2,1H3/q+1. The maximum absolute atomic E-state index is 4.18. The zero-order valence-corrected chi connectivity index (χ0v) is 15.9. The smallest absolute Gasteiger partial charge is 0.168 e. The molecule has 2 rings (SSSR count). The van der Waals surface area contributed by atoms with Gasteiger partial charge in [0.1, 0.15) is 6.54 Å². The minimum Gasteiger partial charge on any atom is -0.264 e. The van der Waals surface area contributed by atoms with E-state index in [-0.39, 0.29) is 0 Å². The molecule has 136 valence electrons. The zero-order chi connectivity index (χ0) is 17.6. The molecular formula is C23H35N2+. The molecule has 0 bridgehead atoms. The third kappa shape index (κ3) is 9.38. The Balaban J connectivity index is 1.38. The number of hydrogen-bond donors (Lipinski definition) is 0. The molecule has 1 atom stereocenters. The quantitative estimate of drug-likeness (QED) is 0.335. The van der Waals surface area contributed by atoms with Crippen molar-refractivity contribution in [2.75, 3.05) is 0 Å². The number of pyridine rings is 2. The monoisotopic (exact) mass is 339 g/mol. The van der Waals surface area contributed by atoms with Gasteiger partial charge in [0.15, 0.2) is 12.4 Å². The van der Waals surface area contributed by atoms with Crippen LogP contribution in [0.4, 0.5) is 0 Å². The predicted octanol–water partition coefficient (Wildman–Crippen LogP) is 5.76. The normalized spacial score (nSPS) is 12.2. The van der Waals surface area contributed by atoms with Crippen molar-refractivity contribution in [3.63, 3.8) is 0 Å². The van der Waals surface area contributed by atoms with Crippen molar-refractivity contribution in [1.29, 1.82) is 0 Å². The summed E-state index contributed by atoms with van der Waals surface area (Å²) >= 11 is 0. The Labute approximate surface area is 154 Å². The summed E-state index contributed by atoms with van der Waals surface area (Å²) in [6.45, 7) is 3.56. The summed E-state index contributed by atoms with van der Waals surface area (Å²) in [5.74, 6) is 0.840. The average molecular weight is 340 g/mol. The molecule has 1 unspecified atom stereocenters. The van der Waals surface area contributed by atoms with Crippen LogP contribution in [0.15, 0.2) is 55.1 Å². The summed E-state index contributed by atoms with van der Waals surface area (Å²) in [4.78, 5) is 4.18. The molecule has 0 aromatic carbocycles. The Morgan fingerprint density at radius 2 is 1.56 bits per heavy atom. The average Bonchev–Trinajstić information content (AvgIpc) is 2.66. The van der Waals surface area contributed by atoms with Crippen LogP contribution in [0.2, 0.25) is 0 Å².